The number of amides is 1. The average molecular weight is 327 g/mol. The van der Waals surface area contributed by atoms with Crippen LogP contribution in [0.1, 0.15) is 24.1 Å². The number of aromatic hydroxyl groups is 2. The molecule has 2 rings (SSSR count). The molecule has 2 aromatic rings. The summed E-state index contributed by atoms with van der Waals surface area (Å²) in [7, 11) is 0. The molecule has 0 aliphatic carbocycles. The molecule has 0 fully saturated rings. The van der Waals surface area contributed by atoms with Crippen molar-refractivity contribution >= 4 is 29.1 Å². The number of nitrogens with zero attached hydrogens (tertiary/aromatic N) is 1. The predicted octanol–water partition coefficient (Wildman–Crippen LogP) is 3.03. The third kappa shape index (κ3) is 3.56. The lowest BCUT2D eigenvalue weighted by molar-refractivity contribution is -0.119. The van der Waals surface area contributed by atoms with Crippen LogP contribution in [-0.2, 0) is 4.79 Å². The summed E-state index contributed by atoms with van der Waals surface area (Å²) in [6.07, 6.45) is 1.40. The lowest BCUT2D eigenvalue weighted by Gasteiger charge is -2.20. The second-order valence-electron chi connectivity index (χ2n) is 4.41. The van der Waals surface area contributed by atoms with Gasteiger partial charge in [-0.2, -0.15) is 0 Å². The van der Waals surface area contributed by atoms with E-state index in [-0.39, 0.29) is 27.6 Å². The van der Waals surface area contributed by atoms with Gasteiger partial charge in [-0.3, -0.25) is 4.79 Å². The number of halogens is 2. The fourth-order valence-corrected chi connectivity index (χ4v) is 2.23. The van der Waals surface area contributed by atoms with Crippen molar-refractivity contribution in [2.45, 2.75) is 13.0 Å². The molecule has 1 aromatic heterocycles. The third-order valence-electron chi connectivity index (χ3n) is 2.83. The van der Waals surface area contributed by atoms with E-state index in [4.69, 9.17) is 23.2 Å². The summed E-state index contributed by atoms with van der Waals surface area (Å²) in [5.74, 6) is -0.534. The molecule has 0 aliphatic heterocycles. The van der Waals surface area contributed by atoms with Crippen molar-refractivity contribution < 1.29 is 15.0 Å². The lowest BCUT2D eigenvalue weighted by atomic mass is 9.99. The number of benzene rings is 1. The van der Waals surface area contributed by atoms with Crippen LogP contribution in [0.4, 0.5) is 0 Å². The van der Waals surface area contributed by atoms with E-state index >= 15 is 0 Å². The van der Waals surface area contributed by atoms with Crippen LogP contribution >= 0.6 is 23.2 Å². The molecule has 7 heteroatoms. The zero-order valence-corrected chi connectivity index (χ0v) is 12.5. The van der Waals surface area contributed by atoms with Crippen LogP contribution in [-0.4, -0.2) is 21.1 Å². The van der Waals surface area contributed by atoms with Gasteiger partial charge in [0.2, 0.25) is 11.8 Å². The van der Waals surface area contributed by atoms with E-state index in [2.05, 4.69) is 10.3 Å². The van der Waals surface area contributed by atoms with Gasteiger partial charge in [0.1, 0.15) is 5.75 Å². The number of nitrogens with one attached hydrogen (secondary N) is 1. The lowest BCUT2D eigenvalue weighted by Crippen LogP contribution is -2.27. The van der Waals surface area contributed by atoms with Crippen molar-refractivity contribution in [2.24, 2.45) is 0 Å². The van der Waals surface area contributed by atoms with Crippen molar-refractivity contribution in [1.82, 2.24) is 10.3 Å². The first-order valence-electron chi connectivity index (χ1n) is 5.98. The smallest absolute Gasteiger partial charge is 0.217 e. The van der Waals surface area contributed by atoms with Crippen molar-refractivity contribution in [2.75, 3.05) is 0 Å². The molecule has 0 aliphatic rings. The van der Waals surface area contributed by atoms with Gasteiger partial charge in [0, 0.05) is 30.8 Å². The number of aromatic nitrogens is 1. The van der Waals surface area contributed by atoms with Gasteiger partial charge >= 0.3 is 0 Å². The molecule has 1 amide bonds. The largest absolute Gasteiger partial charge is 0.508 e. The minimum Gasteiger partial charge on any atom is -0.508 e. The molecule has 0 spiro atoms. The summed E-state index contributed by atoms with van der Waals surface area (Å²) in [6, 6.07) is 5.10. The van der Waals surface area contributed by atoms with Crippen LogP contribution in [0.2, 0.25) is 10.0 Å². The SMILES string of the molecule is CC(=O)NC(c1ccc(O)nc1)c1cc(Cl)c(Cl)cc1O. The summed E-state index contributed by atoms with van der Waals surface area (Å²) in [4.78, 5) is 15.2. The number of carbonyl (C=O) groups excluding carboxylic acids is 1. The number of hydrogen-bond donors (Lipinski definition) is 3. The minimum atomic E-state index is -0.662. The Bertz CT molecular complexity index is 675. The van der Waals surface area contributed by atoms with E-state index < -0.39 is 6.04 Å². The fraction of sp³-hybridized carbons (Fsp3) is 0.143. The summed E-state index contributed by atoms with van der Waals surface area (Å²) < 4.78 is 0. The molecule has 3 N–H and O–H groups in total. The second kappa shape index (κ2) is 6.20. The number of carbonyl (C=O) groups is 1. The van der Waals surface area contributed by atoms with Crippen LogP contribution in [0.5, 0.6) is 11.6 Å². The van der Waals surface area contributed by atoms with Gasteiger partial charge in [-0.05, 0) is 17.7 Å². The Balaban J connectivity index is 2.52. The van der Waals surface area contributed by atoms with E-state index in [0.29, 0.717) is 11.1 Å². The topological polar surface area (TPSA) is 82.5 Å². The van der Waals surface area contributed by atoms with Gasteiger partial charge in [-0.25, -0.2) is 4.98 Å². The van der Waals surface area contributed by atoms with Crippen molar-refractivity contribution in [3.8, 4) is 11.6 Å². The Morgan fingerprint density at radius 2 is 1.90 bits per heavy atom. The highest BCUT2D eigenvalue weighted by Gasteiger charge is 2.20. The Morgan fingerprint density at radius 3 is 2.48 bits per heavy atom. The standard InChI is InChI=1S/C14H12Cl2N2O3/c1-7(19)18-14(8-2-3-13(21)17-6-8)9-4-10(15)11(16)5-12(9)20/h2-6,14,20H,1H3,(H,17,21)(H,18,19). The molecule has 5 nitrogen and oxygen atoms in total. The Labute approximate surface area is 131 Å². The maximum absolute atomic E-state index is 11.4. The number of pyridine rings is 1. The Kier molecular flexibility index (Phi) is 4.55. The molecule has 1 atom stereocenters. The molecule has 0 saturated heterocycles. The fourth-order valence-electron chi connectivity index (χ4n) is 1.90. The van der Waals surface area contributed by atoms with Gasteiger partial charge in [0.25, 0.3) is 0 Å². The summed E-state index contributed by atoms with van der Waals surface area (Å²) in [5, 5.41) is 22.5. The van der Waals surface area contributed by atoms with Crippen LogP contribution in [0.3, 0.4) is 0 Å². The number of hydrogen-bond acceptors (Lipinski definition) is 4. The van der Waals surface area contributed by atoms with Gasteiger partial charge in [0.15, 0.2) is 0 Å². The average Bonchev–Trinajstić information content (AvgIpc) is 2.41. The Hall–Kier alpha value is -1.98. The van der Waals surface area contributed by atoms with Crippen LogP contribution in [0.15, 0.2) is 30.5 Å². The number of phenolic OH excluding ortho intramolecular Hbond substituents is 1. The monoisotopic (exact) mass is 326 g/mol. The molecule has 110 valence electrons. The number of phenols is 1. The third-order valence-corrected chi connectivity index (χ3v) is 3.55. The first kappa shape index (κ1) is 15.4. The molecule has 1 unspecified atom stereocenters. The quantitative estimate of drug-likeness (QED) is 0.809. The van der Waals surface area contributed by atoms with E-state index in [0.717, 1.165) is 0 Å². The van der Waals surface area contributed by atoms with Crippen LogP contribution in [0.25, 0.3) is 0 Å². The predicted molar refractivity (Wildman–Crippen MR) is 79.7 cm³/mol. The molecule has 1 heterocycles. The van der Waals surface area contributed by atoms with E-state index in [9.17, 15) is 15.0 Å². The van der Waals surface area contributed by atoms with E-state index in [1.54, 1.807) is 6.07 Å². The molecule has 0 saturated carbocycles. The van der Waals surface area contributed by atoms with Crippen molar-refractivity contribution in [1.29, 1.82) is 0 Å². The molecular formula is C14H12Cl2N2O3. The maximum Gasteiger partial charge on any atom is 0.217 e. The van der Waals surface area contributed by atoms with Crippen LogP contribution < -0.4 is 5.32 Å². The first-order valence-corrected chi connectivity index (χ1v) is 6.74. The van der Waals surface area contributed by atoms with E-state index in [1.165, 1.54) is 31.3 Å². The molecule has 21 heavy (non-hydrogen) atoms. The first-order chi connectivity index (χ1) is 9.88. The molecule has 0 radical (unpaired) electrons. The Morgan fingerprint density at radius 1 is 1.24 bits per heavy atom. The highest BCUT2D eigenvalue weighted by Crippen LogP contribution is 2.35. The highest BCUT2D eigenvalue weighted by atomic mass is 35.5. The zero-order valence-electron chi connectivity index (χ0n) is 11.0. The molecule has 0 bridgehead atoms. The molecule has 1 aromatic carbocycles. The van der Waals surface area contributed by atoms with Gasteiger partial charge in [-0.15, -0.1) is 0 Å². The highest BCUT2D eigenvalue weighted by molar-refractivity contribution is 6.42. The number of rotatable bonds is 3. The summed E-state index contributed by atoms with van der Waals surface area (Å²) in [5.41, 5.74) is 0.962. The minimum absolute atomic E-state index is 0.101. The van der Waals surface area contributed by atoms with Gasteiger partial charge in [0.05, 0.1) is 16.1 Å². The maximum atomic E-state index is 11.4. The summed E-state index contributed by atoms with van der Waals surface area (Å²) >= 11 is 11.8. The van der Waals surface area contributed by atoms with Crippen molar-refractivity contribution in [3.63, 3.8) is 0 Å². The van der Waals surface area contributed by atoms with Gasteiger partial charge in [-0.1, -0.05) is 23.2 Å². The normalized spacial score (nSPS) is 12.0. The second-order valence-corrected chi connectivity index (χ2v) is 5.22. The summed E-state index contributed by atoms with van der Waals surface area (Å²) in [6.45, 7) is 1.36. The molecular weight excluding hydrogens is 315 g/mol. The zero-order chi connectivity index (χ0) is 15.6. The van der Waals surface area contributed by atoms with Gasteiger partial charge < -0.3 is 15.5 Å². The van der Waals surface area contributed by atoms with E-state index in [1.807, 2.05) is 0 Å². The van der Waals surface area contributed by atoms with Crippen molar-refractivity contribution in [3.05, 3.63) is 51.6 Å². The van der Waals surface area contributed by atoms with Crippen LogP contribution in [0, 0.1) is 0 Å².